The highest BCUT2D eigenvalue weighted by Gasteiger charge is 2.31. The Hall–Kier alpha value is -2.22. The Morgan fingerprint density at radius 1 is 0.967 bits per heavy atom. The lowest BCUT2D eigenvalue weighted by molar-refractivity contribution is -0.126. The maximum atomic E-state index is 12.8. The molecule has 1 fully saturated rings. The van der Waals surface area contributed by atoms with E-state index in [-0.39, 0.29) is 17.9 Å². The number of carbonyl (C=O) groups is 1. The smallest absolute Gasteiger partial charge is 0.243 e. The summed E-state index contributed by atoms with van der Waals surface area (Å²) in [4.78, 5) is 15.0. The van der Waals surface area contributed by atoms with Gasteiger partial charge in [0.15, 0.2) is 0 Å². The summed E-state index contributed by atoms with van der Waals surface area (Å²) in [5, 5.41) is 3.04. The van der Waals surface area contributed by atoms with Gasteiger partial charge in [0, 0.05) is 32.7 Å². The molecule has 6 nitrogen and oxygen atoms in total. The molecule has 2 aromatic rings. The minimum atomic E-state index is -3.49. The molecule has 0 unspecified atom stereocenters. The van der Waals surface area contributed by atoms with Crippen molar-refractivity contribution in [2.75, 3.05) is 32.7 Å². The first-order valence-electron chi connectivity index (χ1n) is 10.4. The van der Waals surface area contributed by atoms with Crippen LogP contribution in [0.25, 0.3) is 0 Å². The van der Waals surface area contributed by atoms with Crippen molar-refractivity contribution in [2.45, 2.75) is 37.6 Å². The van der Waals surface area contributed by atoms with Gasteiger partial charge in [-0.3, -0.25) is 9.69 Å². The number of piperazine rings is 1. The van der Waals surface area contributed by atoms with Crippen LogP contribution >= 0.6 is 0 Å². The van der Waals surface area contributed by atoms with E-state index in [1.54, 1.807) is 12.1 Å². The van der Waals surface area contributed by atoms with E-state index >= 15 is 0 Å². The molecule has 7 heteroatoms. The van der Waals surface area contributed by atoms with Gasteiger partial charge in [0.25, 0.3) is 0 Å². The highest BCUT2D eigenvalue weighted by atomic mass is 32.2. The van der Waals surface area contributed by atoms with E-state index in [9.17, 15) is 13.2 Å². The maximum absolute atomic E-state index is 12.8. The van der Waals surface area contributed by atoms with Crippen molar-refractivity contribution in [1.29, 1.82) is 0 Å². The predicted octanol–water partition coefficient (Wildman–Crippen LogP) is 2.61. The van der Waals surface area contributed by atoms with Gasteiger partial charge in [-0.25, -0.2) is 8.42 Å². The molecule has 1 aliphatic heterocycles. The molecule has 162 valence electrons. The minimum Gasteiger partial charge on any atom is -0.354 e. The maximum Gasteiger partial charge on any atom is 0.243 e. The fraction of sp³-hybridized carbons (Fsp3) is 0.435. The van der Waals surface area contributed by atoms with Crippen LogP contribution in [-0.4, -0.2) is 62.3 Å². The van der Waals surface area contributed by atoms with E-state index in [2.05, 4.69) is 24.4 Å². The second-order valence-corrected chi connectivity index (χ2v) is 9.92. The summed E-state index contributed by atoms with van der Waals surface area (Å²) in [5.41, 5.74) is 2.22. The van der Waals surface area contributed by atoms with Gasteiger partial charge in [-0.05, 0) is 37.5 Å². The summed E-state index contributed by atoms with van der Waals surface area (Å²) >= 11 is 0. The molecule has 30 heavy (non-hydrogen) atoms. The summed E-state index contributed by atoms with van der Waals surface area (Å²) in [6.07, 6.45) is 0. The first kappa shape index (κ1) is 22.5. The van der Waals surface area contributed by atoms with Crippen molar-refractivity contribution >= 4 is 15.9 Å². The van der Waals surface area contributed by atoms with E-state index in [0.29, 0.717) is 37.6 Å². The normalized spacial score (nSPS) is 18.0. The molecule has 0 radical (unpaired) electrons. The first-order valence-corrected chi connectivity index (χ1v) is 11.9. The summed E-state index contributed by atoms with van der Waals surface area (Å²) < 4.78 is 27.2. The van der Waals surface area contributed by atoms with Crippen LogP contribution in [0.1, 0.15) is 30.9 Å². The molecule has 1 N–H and O–H groups in total. The Morgan fingerprint density at radius 3 is 2.17 bits per heavy atom. The highest BCUT2D eigenvalue weighted by molar-refractivity contribution is 7.89. The number of sulfonamides is 1. The van der Waals surface area contributed by atoms with Crippen LogP contribution in [0, 0.1) is 6.92 Å². The van der Waals surface area contributed by atoms with Crippen molar-refractivity contribution in [3.05, 3.63) is 65.7 Å². The Kier molecular flexibility index (Phi) is 7.28. The number of nitrogens with one attached hydrogen (secondary N) is 1. The van der Waals surface area contributed by atoms with E-state index in [4.69, 9.17) is 0 Å². The van der Waals surface area contributed by atoms with E-state index in [1.165, 1.54) is 9.87 Å². The third-order valence-corrected chi connectivity index (χ3v) is 7.72. The van der Waals surface area contributed by atoms with Gasteiger partial charge in [0.05, 0.1) is 10.9 Å². The molecule has 0 aliphatic carbocycles. The SMILES string of the molecule is Cc1ccc(S(=O)(=O)N2CCN([C@H](C)C(=O)NC[C@H](C)c3ccccc3)CC2)cc1. The summed E-state index contributed by atoms with van der Waals surface area (Å²) in [5.74, 6) is 0.214. The molecular weight excluding hydrogens is 398 g/mol. The fourth-order valence-electron chi connectivity index (χ4n) is 3.66. The highest BCUT2D eigenvalue weighted by Crippen LogP contribution is 2.19. The lowest BCUT2D eigenvalue weighted by atomic mass is 10.0. The lowest BCUT2D eigenvalue weighted by Crippen LogP contribution is -2.55. The largest absolute Gasteiger partial charge is 0.354 e. The van der Waals surface area contributed by atoms with Crippen LogP contribution in [0.2, 0.25) is 0 Å². The number of rotatable bonds is 7. The predicted molar refractivity (Wildman–Crippen MR) is 119 cm³/mol. The molecular formula is C23H31N3O3S. The fourth-order valence-corrected chi connectivity index (χ4v) is 5.08. The second-order valence-electron chi connectivity index (χ2n) is 7.99. The van der Waals surface area contributed by atoms with Crippen LogP contribution in [0.15, 0.2) is 59.5 Å². The standard InChI is InChI=1S/C23H31N3O3S/c1-18-9-11-22(12-10-18)30(28,29)26-15-13-25(14-16-26)20(3)23(27)24-17-19(2)21-7-5-4-6-8-21/h4-12,19-20H,13-17H2,1-3H3,(H,24,27)/t19-,20+/m0/s1. The van der Waals surface area contributed by atoms with Crippen molar-refractivity contribution in [1.82, 2.24) is 14.5 Å². The molecule has 1 amide bonds. The van der Waals surface area contributed by atoms with Crippen molar-refractivity contribution in [3.63, 3.8) is 0 Å². The van der Waals surface area contributed by atoms with Crippen LogP contribution < -0.4 is 5.32 Å². The summed E-state index contributed by atoms with van der Waals surface area (Å²) in [6.45, 7) is 8.32. The molecule has 2 atom stereocenters. The van der Waals surface area contributed by atoms with Crippen molar-refractivity contribution in [2.24, 2.45) is 0 Å². The third-order valence-electron chi connectivity index (χ3n) is 5.81. The van der Waals surface area contributed by atoms with E-state index in [0.717, 1.165) is 5.56 Å². The number of hydrogen-bond acceptors (Lipinski definition) is 4. The molecule has 0 spiro atoms. The molecule has 1 aliphatic rings. The topological polar surface area (TPSA) is 69.7 Å². The summed E-state index contributed by atoms with van der Waals surface area (Å²) in [7, 11) is -3.49. The van der Waals surface area contributed by atoms with E-state index in [1.807, 2.05) is 49.1 Å². The first-order chi connectivity index (χ1) is 14.3. The third kappa shape index (κ3) is 5.28. The zero-order valence-corrected chi connectivity index (χ0v) is 18.7. The van der Waals surface area contributed by atoms with Crippen LogP contribution in [0.4, 0.5) is 0 Å². The van der Waals surface area contributed by atoms with Gasteiger partial charge in [-0.2, -0.15) is 4.31 Å². The van der Waals surface area contributed by atoms with Crippen LogP contribution in [0.5, 0.6) is 0 Å². The summed E-state index contributed by atoms with van der Waals surface area (Å²) in [6, 6.07) is 16.7. The molecule has 1 saturated heterocycles. The molecule has 0 aromatic heterocycles. The Morgan fingerprint density at radius 2 is 1.57 bits per heavy atom. The number of amides is 1. The number of carbonyl (C=O) groups excluding carboxylic acids is 1. The van der Waals surface area contributed by atoms with Gasteiger partial charge < -0.3 is 5.32 Å². The van der Waals surface area contributed by atoms with Gasteiger partial charge in [-0.15, -0.1) is 0 Å². The number of aryl methyl sites for hydroxylation is 1. The van der Waals surface area contributed by atoms with Gasteiger partial charge >= 0.3 is 0 Å². The Labute approximate surface area is 179 Å². The van der Waals surface area contributed by atoms with Crippen molar-refractivity contribution in [3.8, 4) is 0 Å². The molecule has 0 saturated carbocycles. The average Bonchev–Trinajstić information content (AvgIpc) is 2.77. The molecule has 2 aromatic carbocycles. The second kappa shape index (κ2) is 9.73. The van der Waals surface area contributed by atoms with Crippen molar-refractivity contribution < 1.29 is 13.2 Å². The minimum absolute atomic E-state index is 0.0207. The average molecular weight is 430 g/mol. The lowest BCUT2D eigenvalue weighted by Gasteiger charge is -2.36. The van der Waals surface area contributed by atoms with Crippen LogP contribution in [0.3, 0.4) is 0 Å². The number of hydrogen-bond donors (Lipinski definition) is 1. The Balaban J connectivity index is 1.51. The monoisotopic (exact) mass is 429 g/mol. The zero-order valence-electron chi connectivity index (χ0n) is 17.9. The number of nitrogens with zero attached hydrogens (tertiary/aromatic N) is 2. The van der Waals surface area contributed by atoms with E-state index < -0.39 is 10.0 Å². The zero-order chi connectivity index (χ0) is 21.7. The molecule has 3 rings (SSSR count). The quantitative estimate of drug-likeness (QED) is 0.735. The van der Waals surface area contributed by atoms with Crippen LogP contribution in [-0.2, 0) is 14.8 Å². The van der Waals surface area contributed by atoms with Gasteiger partial charge in [0.2, 0.25) is 15.9 Å². The molecule has 1 heterocycles. The number of benzene rings is 2. The van der Waals surface area contributed by atoms with Gasteiger partial charge in [-0.1, -0.05) is 55.0 Å². The van der Waals surface area contributed by atoms with Gasteiger partial charge in [0.1, 0.15) is 0 Å². The molecule has 0 bridgehead atoms. The Bertz CT molecular complexity index is 937.